The number of nitriles is 1. The zero-order valence-electron chi connectivity index (χ0n) is 16.0. The van der Waals surface area contributed by atoms with Crippen molar-refractivity contribution in [3.63, 3.8) is 0 Å². The summed E-state index contributed by atoms with van der Waals surface area (Å²) in [5.41, 5.74) is 7.30. The van der Waals surface area contributed by atoms with Crippen LogP contribution in [0.15, 0.2) is 77.9 Å². The molecule has 0 saturated carbocycles. The Morgan fingerprint density at radius 3 is 2.57 bits per heavy atom. The van der Waals surface area contributed by atoms with Crippen LogP contribution in [0.4, 0.5) is 5.95 Å². The molecule has 3 N–H and O–H groups in total. The monoisotopic (exact) mass is 394 g/mol. The van der Waals surface area contributed by atoms with Crippen LogP contribution in [-0.4, -0.2) is 22.1 Å². The number of benzene rings is 3. The summed E-state index contributed by atoms with van der Waals surface area (Å²) in [4.78, 5) is 19.9. The first kappa shape index (κ1) is 18.9. The maximum Gasteiger partial charge on any atom is 0.271 e. The predicted octanol–water partition coefficient (Wildman–Crippen LogP) is 3.81. The van der Waals surface area contributed by atoms with E-state index >= 15 is 0 Å². The third kappa shape index (κ3) is 4.51. The molecule has 4 rings (SSSR count). The van der Waals surface area contributed by atoms with Gasteiger partial charge in [0.15, 0.2) is 0 Å². The molecular formula is C23H18N6O. The Hall–Kier alpha value is -4.44. The van der Waals surface area contributed by atoms with Crippen molar-refractivity contribution in [3.8, 4) is 6.07 Å². The van der Waals surface area contributed by atoms with E-state index in [0.29, 0.717) is 23.6 Å². The molecule has 146 valence electrons. The molecule has 0 bridgehead atoms. The quantitative estimate of drug-likeness (QED) is 0.341. The molecule has 0 fully saturated rings. The molecule has 7 nitrogen and oxygen atoms in total. The Labute approximate surface area is 173 Å². The van der Waals surface area contributed by atoms with Gasteiger partial charge in [0, 0.05) is 12.1 Å². The average molecular weight is 394 g/mol. The van der Waals surface area contributed by atoms with Gasteiger partial charge in [0.2, 0.25) is 5.95 Å². The first-order chi connectivity index (χ1) is 14.7. The average Bonchev–Trinajstić information content (AvgIpc) is 3.21. The molecule has 1 heterocycles. The minimum absolute atomic E-state index is 0.295. The SMILES string of the molecule is N#Cc1ccc(/C=N/NC(=O)c2ccc(CNc3nc4ccccc4[nH]3)cc2)cc1. The predicted molar refractivity (Wildman–Crippen MR) is 116 cm³/mol. The van der Waals surface area contributed by atoms with Crippen LogP contribution >= 0.6 is 0 Å². The molecule has 0 spiro atoms. The highest BCUT2D eigenvalue weighted by molar-refractivity contribution is 5.94. The molecule has 30 heavy (non-hydrogen) atoms. The number of fused-ring (bicyclic) bond motifs is 1. The maximum atomic E-state index is 12.2. The number of carbonyl (C=O) groups excluding carboxylic acids is 1. The Kier molecular flexibility index (Phi) is 5.49. The fourth-order valence-corrected chi connectivity index (χ4v) is 2.87. The number of carbonyl (C=O) groups is 1. The van der Waals surface area contributed by atoms with Gasteiger partial charge in [0.25, 0.3) is 5.91 Å². The number of nitrogens with one attached hydrogen (secondary N) is 3. The number of hydrogen-bond donors (Lipinski definition) is 3. The van der Waals surface area contributed by atoms with Crippen LogP contribution in [0.5, 0.6) is 0 Å². The first-order valence-electron chi connectivity index (χ1n) is 9.32. The molecule has 1 aromatic heterocycles. The Morgan fingerprint density at radius 1 is 1.07 bits per heavy atom. The topological polar surface area (TPSA) is 106 Å². The molecule has 0 unspecified atom stereocenters. The van der Waals surface area contributed by atoms with Crippen molar-refractivity contribution < 1.29 is 4.79 Å². The third-order valence-corrected chi connectivity index (χ3v) is 4.48. The zero-order chi connectivity index (χ0) is 20.8. The van der Waals surface area contributed by atoms with E-state index in [9.17, 15) is 4.79 Å². The second-order valence-electron chi connectivity index (χ2n) is 6.59. The first-order valence-corrected chi connectivity index (χ1v) is 9.32. The third-order valence-electron chi connectivity index (χ3n) is 4.48. The summed E-state index contributed by atoms with van der Waals surface area (Å²) >= 11 is 0. The van der Waals surface area contributed by atoms with Crippen molar-refractivity contribution in [2.24, 2.45) is 5.10 Å². The van der Waals surface area contributed by atoms with E-state index < -0.39 is 0 Å². The maximum absolute atomic E-state index is 12.2. The summed E-state index contributed by atoms with van der Waals surface area (Å²) in [5, 5.41) is 16.0. The number of imidazole rings is 1. The normalized spacial score (nSPS) is 10.8. The molecule has 0 aliphatic rings. The van der Waals surface area contributed by atoms with E-state index in [-0.39, 0.29) is 5.91 Å². The van der Waals surface area contributed by atoms with E-state index in [1.165, 1.54) is 6.21 Å². The number of aromatic amines is 1. The van der Waals surface area contributed by atoms with Gasteiger partial charge in [-0.15, -0.1) is 0 Å². The number of anilines is 1. The van der Waals surface area contributed by atoms with Gasteiger partial charge in [-0.2, -0.15) is 10.4 Å². The zero-order valence-corrected chi connectivity index (χ0v) is 16.0. The molecular weight excluding hydrogens is 376 g/mol. The van der Waals surface area contributed by atoms with E-state index in [4.69, 9.17) is 5.26 Å². The van der Waals surface area contributed by atoms with Crippen LogP contribution in [0.25, 0.3) is 11.0 Å². The lowest BCUT2D eigenvalue weighted by Crippen LogP contribution is -2.17. The molecule has 7 heteroatoms. The molecule has 0 atom stereocenters. The molecule has 3 aromatic carbocycles. The summed E-state index contributed by atoms with van der Waals surface area (Å²) in [6.07, 6.45) is 1.53. The fourth-order valence-electron chi connectivity index (χ4n) is 2.87. The molecule has 0 radical (unpaired) electrons. The van der Waals surface area contributed by atoms with Crippen LogP contribution in [-0.2, 0) is 6.54 Å². The summed E-state index contributed by atoms with van der Waals surface area (Å²) < 4.78 is 0. The van der Waals surface area contributed by atoms with E-state index in [0.717, 1.165) is 22.2 Å². The van der Waals surface area contributed by atoms with Crippen LogP contribution in [0.2, 0.25) is 0 Å². The minimum atomic E-state index is -0.295. The van der Waals surface area contributed by atoms with Crippen molar-refractivity contribution in [1.82, 2.24) is 15.4 Å². The minimum Gasteiger partial charge on any atom is -0.352 e. The van der Waals surface area contributed by atoms with Crippen molar-refractivity contribution >= 4 is 29.1 Å². The van der Waals surface area contributed by atoms with Gasteiger partial charge in [0.1, 0.15) is 0 Å². The lowest BCUT2D eigenvalue weighted by atomic mass is 10.1. The molecule has 4 aromatic rings. The fraction of sp³-hybridized carbons (Fsp3) is 0.0435. The summed E-state index contributed by atoms with van der Waals surface area (Å²) in [6, 6.07) is 24.1. The van der Waals surface area contributed by atoms with Crippen LogP contribution in [0.1, 0.15) is 27.0 Å². The summed E-state index contributed by atoms with van der Waals surface area (Å²) in [6.45, 7) is 0.582. The van der Waals surface area contributed by atoms with Crippen molar-refractivity contribution in [3.05, 3.63) is 95.1 Å². The van der Waals surface area contributed by atoms with Crippen LogP contribution in [0.3, 0.4) is 0 Å². The van der Waals surface area contributed by atoms with E-state index in [1.54, 1.807) is 36.4 Å². The standard InChI is InChI=1S/C23H18N6O/c24-13-16-5-7-18(8-6-16)15-26-29-22(30)19-11-9-17(10-12-19)14-25-23-27-20-3-1-2-4-21(20)28-23/h1-12,15H,14H2,(H,29,30)(H2,25,27,28)/b26-15+. The lowest BCUT2D eigenvalue weighted by Gasteiger charge is -2.05. The van der Waals surface area contributed by atoms with Crippen molar-refractivity contribution in [2.45, 2.75) is 6.54 Å². The largest absolute Gasteiger partial charge is 0.352 e. The summed E-state index contributed by atoms with van der Waals surface area (Å²) in [5.74, 6) is 0.409. The molecule has 0 aliphatic heterocycles. The van der Waals surface area contributed by atoms with Gasteiger partial charge < -0.3 is 10.3 Å². The second kappa shape index (κ2) is 8.71. The number of H-pyrrole nitrogens is 1. The van der Waals surface area contributed by atoms with Gasteiger partial charge in [-0.3, -0.25) is 4.79 Å². The number of rotatable bonds is 6. The highest BCUT2D eigenvalue weighted by atomic mass is 16.2. The van der Waals surface area contributed by atoms with Gasteiger partial charge in [-0.05, 0) is 47.5 Å². The van der Waals surface area contributed by atoms with Crippen LogP contribution < -0.4 is 10.7 Å². The Bertz CT molecular complexity index is 1200. The highest BCUT2D eigenvalue weighted by Crippen LogP contribution is 2.14. The number of amides is 1. The summed E-state index contributed by atoms with van der Waals surface area (Å²) in [7, 11) is 0. The number of hydrazone groups is 1. The van der Waals surface area contributed by atoms with Gasteiger partial charge in [-0.1, -0.05) is 36.4 Å². The molecule has 0 aliphatic carbocycles. The van der Waals surface area contributed by atoms with Gasteiger partial charge in [-0.25, -0.2) is 10.4 Å². The lowest BCUT2D eigenvalue weighted by molar-refractivity contribution is 0.0955. The van der Waals surface area contributed by atoms with Gasteiger partial charge >= 0.3 is 0 Å². The Morgan fingerprint density at radius 2 is 1.83 bits per heavy atom. The number of aromatic nitrogens is 2. The van der Waals surface area contributed by atoms with E-state index in [2.05, 4.69) is 31.9 Å². The smallest absolute Gasteiger partial charge is 0.271 e. The van der Waals surface area contributed by atoms with Crippen molar-refractivity contribution in [1.29, 1.82) is 5.26 Å². The van der Waals surface area contributed by atoms with Crippen molar-refractivity contribution in [2.75, 3.05) is 5.32 Å². The molecule has 1 amide bonds. The second-order valence-corrected chi connectivity index (χ2v) is 6.59. The molecule has 0 saturated heterocycles. The number of nitrogens with zero attached hydrogens (tertiary/aromatic N) is 3. The van der Waals surface area contributed by atoms with E-state index in [1.807, 2.05) is 36.4 Å². The highest BCUT2D eigenvalue weighted by Gasteiger charge is 2.05. The number of para-hydroxylation sites is 2. The number of hydrogen-bond acceptors (Lipinski definition) is 5. The Balaban J connectivity index is 1.31. The van der Waals surface area contributed by atoms with Gasteiger partial charge in [0.05, 0.1) is 28.9 Å². The van der Waals surface area contributed by atoms with Crippen LogP contribution in [0, 0.1) is 11.3 Å².